The van der Waals surface area contributed by atoms with Crippen molar-refractivity contribution in [1.82, 2.24) is 14.8 Å². The van der Waals surface area contributed by atoms with E-state index in [9.17, 15) is 28.7 Å². The highest BCUT2D eigenvalue weighted by Gasteiger charge is 2.25. The van der Waals surface area contributed by atoms with Gasteiger partial charge in [-0.25, -0.2) is 8.78 Å². The van der Waals surface area contributed by atoms with Gasteiger partial charge in [0.1, 0.15) is 11.4 Å². The number of nitriles is 1. The van der Waals surface area contributed by atoms with Gasteiger partial charge in [-0.2, -0.15) is 15.0 Å². The van der Waals surface area contributed by atoms with E-state index in [0.717, 1.165) is 30.7 Å². The molecule has 1 fully saturated rings. The predicted molar refractivity (Wildman–Crippen MR) is 139 cm³/mol. The fourth-order valence-electron chi connectivity index (χ4n) is 4.56. The molecule has 3 heterocycles. The van der Waals surface area contributed by atoms with Gasteiger partial charge in [-0.05, 0) is 48.4 Å². The number of aliphatic hydroxyl groups excluding tert-OH is 1. The third-order valence-electron chi connectivity index (χ3n) is 6.57. The molecule has 1 saturated heterocycles. The zero-order valence-electron chi connectivity index (χ0n) is 20.5. The van der Waals surface area contributed by atoms with Gasteiger partial charge in [-0.3, -0.25) is 14.6 Å². The molecule has 0 saturated carbocycles. The predicted octanol–water partition coefficient (Wildman–Crippen LogP) is 3.52. The highest BCUT2D eigenvalue weighted by atomic mass is 19.1. The number of halogens is 2. The summed E-state index contributed by atoms with van der Waals surface area (Å²) in [4.78, 5) is 31.7. The minimum atomic E-state index is -1.00. The lowest BCUT2D eigenvalue weighted by Gasteiger charge is -2.23. The second-order valence-corrected chi connectivity index (χ2v) is 9.04. The van der Waals surface area contributed by atoms with Crippen molar-refractivity contribution >= 4 is 17.3 Å². The number of nitrogens with one attached hydrogen (secondary N) is 1. The summed E-state index contributed by atoms with van der Waals surface area (Å²) < 4.78 is 29.2. The number of hydrogen-bond donors (Lipinski definition) is 2. The Morgan fingerprint density at radius 2 is 1.95 bits per heavy atom. The highest BCUT2D eigenvalue weighted by molar-refractivity contribution is 6.05. The van der Waals surface area contributed by atoms with E-state index in [2.05, 4.69) is 21.5 Å². The molecule has 0 aliphatic carbocycles. The number of benzene rings is 2. The van der Waals surface area contributed by atoms with Crippen molar-refractivity contribution in [3.63, 3.8) is 0 Å². The molecule has 5 rings (SSSR count). The van der Waals surface area contributed by atoms with Gasteiger partial charge in [0, 0.05) is 49.6 Å². The van der Waals surface area contributed by atoms with Gasteiger partial charge in [-0.1, -0.05) is 12.1 Å². The molecule has 39 heavy (non-hydrogen) atoms. The molecule has 2 aromatic heterocycles. The maximum Gasteiger partial charge on any atom is 0.276 e. The van der Waals surface area contributed by atoms with Crippen LogP contribution in [0.5, 0.6) is 0 Å². The van der Waals surface area contributed by atoms with E-state index < -0.39 is 28.8 Å². The Morgan fingerprint density at radius 1 is 1.15 bits per heavy atom. The molecule has 2 aromatic carbocycles. The van der Waals surface area contributed by atoms with Gasteiger partial charge in [0.05, 0.1) is 23.0 Å². The van der Waals surface area contributed by atoms with Crippen LogP contribution in [0.15, 0.2) is 71.8 Å². The maximum absolute atomic E-state index is 14.3. The number of aliphatic hydroxyl groups is 1. The van der Waals surface area contributed by atoms with Crippen molar-refractivity contribution in [1.29, 1.82) is 5.26 Å². The van der Waals surface area contributed by atoms with Crippen LogP contribution in [0.3, 0.4) is 0 Å². The van der Waals surface area contributed by atoms with Gasteiger partial charge < -0.3 is 15.3 Å². The smallest absolute Gasteiger partial charge is 0.276 e. The second kappa shape index (κ2) is 10.8. The van der Waals surface area contributed by atoms with Gasteiger partial charge in [0.2, 0.25) is 0 Å². The monoisotopic (exact) mass is 528 g/mol. The SMILES string of the molecule is N#Cc1ccncc1-c1ccc(NC(=O)c2ccc(=O)n(-c3c(F)cccc3F)n2)c(N2CC[C@H](CO)C2)c1. The van der Waals surface area contributed by atoms with E-state index in [1.54, 1.807) is 24.4 Å². The summed E-state index contributed by atoms with van der Waals surface area (Å²) in [5.41, 5.74) is 1.12. The van der Waals surface area contributed by atoms with Crippen LogP contribution in [-0.2, 0) is 0 Å². The average molecular weight is 529 g/mol. The van der Waals surface area contributed by atoms with Gasteiger partial charge in [-0.15, -0.1) is 0 Å². The Morgan fingerprint density at radius 3 is 2.67 bits per heavy atom. The van der Waals surface area contributed by atoms with Gasteiger partial charge in [0.25, 0.3) is 11.5 Å². The molecule has 1 aliphatic heterocycles. The van der Waals surface area contributed by atoms with Crippen LogP contribution in [0.4, 0.5) is 20.2 Å². The number of para-hydroxylation sites is 1. The fraction of sp³-hybridized carbons (Fsp3) is 0.179. The van der Waals surface area contributed by atoms with Crippen LogP contribution in [0.25, 0.3) is 16.8 Å². The summed E-state index contributed by atoms with van der Waals surface area (Å²) >= 11 is 0. The lowest BCUT2D eigenvalue weighted by atomic mass is 10.0. The number of aromatic nitrogens is 3. The van der Waals surface area contributed by atoms with E-state index in [0.29, 0.717) is 45.8 Å². The lowest BCUT2D eigenvalue weighted by Crippen LogP contribution is -2.27. The standard InChI is InChI=1S/C28H22F2N6O3/c29-21-2-1-3-22(30)27(21)36-26(38)7-6-24(34-36)28(39)33-23-5-4-18(20-14-32-10-8-19(20)13-31)12-25(23)35-11-9-17(15-35)16-37/h1-8,10,12,14,17,37H,9,11,15-16H2,(H,33,39)/t17-/m0/s1. The normalized spacial score (nSPS) is 14.7. The largest absolute Gasteiger partial charge is 0.396 e. The van der Waals surface area contributed by atoms with Crippen LogP contribution >= 0.6 is 0 Å². The topological polar surface area (TPSA) is 124 Å². The minimum Gasteiger partial charge on any atom is -0.396 e. The van der Waals surface area contributed by atoms with Crippen molar-refractivity contribution in [2.45, 2.75) is 6.42 Å². The van der Waals surface area contributed by atoms with E-state index in [1.165, 1.54) is 12.3 Å². The number of carbonyl (C=O) groups is 1. The Kier molecular flexibility index (Phi) is 7.12. The number of carbonyl (C=O) groups excluding carboxylic acids is 1. The molecule has 1 aliphatic rings. The number of pyridine rings is 1. The van der Waals surface area contributed by atoms with Crippen molar-refractivity contribution in [2.24, 2.45) is 5.92 Å². The van der Waals surface area contributed by atoms with E-state index in [4.69, 9.17) is 0 Å². The molecular weight excluding hydrogens is 506 g/mol. The van der Waals surface area contributed by atoms with Crippen molar-refractivity contribution in [3.8, 4) is 22.9 Å². The van der Waals surface area contributed by atoms with Crippen molar-refractivity contribution < 1.29 is 18.7 Å². The third-order valence-corrected chi connectivity index (χ3v) is 6.57. The first-order chi connectivity index (χ1) is 18.9. The lowest BCUT2D eigenvalue weighted by molar-refractivity contribution is 0.102. The molecule has 196 valence electrons. The second-order valence-electron chi connectivity index (χ2n) is 9.04. The Hall–Kier alpha value is -4.95. The first-order valence-electron chi connectivity index (χ1n) is 12.1. The highest BCUT2D eigenvalue weighted by Crippen LogP contribution is 2.35. The zero-order valence-corrected chi connectivity index (χ0v) is 20.5. The number of rotatable bonds is 6. The van der Waals surface area contributed by atoms with Crippen LogP contribution in [-0.4, -0.2) is 45.5 Å². The van der Waals surface area contributed by atoms with Gasteiger partial charge >= 0.3 is 0 Å². The number of anilines is 2. The summed E-state index contributed by atoms with van der Waals surface area (Å²) in [6, 6.07) is 14.3. The summed E-state index contributed by atoms with van der Waals surface area (Å²) in [5, 5.41) is 25.9. The Balaban J connectivity index is 1.52. The Labute approximate surface area is 221 Å². The van der Waals surface area contributed by atoms with Crippen LogP contribution in [0.1, 0.15) is 22.5 Å². The van der Waals surface area contributed by atoms with Crippen LogP contribution < -0.4 is 15.8 Å². The Bertz CT molecular complexity index is 1650. The van der Waals surface area contributed by atoms with Gasteiger partial charge in [0.15, 0.2) is 11.6 Å². The molecule has 0 radical (unpaired) electrons. The van der Waals surface area contributed by atoms with E-state index >= 15 is 0 Å². The molecule has 11 heteroatoms. The molecule has 0 unspecified atom stereocenters. The van der Waals surface area contributed by atoms with Crippen LogP contribution in [0, 0.1) is 28.9 Å². The first-order valence-corrected chi connectivity index (χ1v) is 12.1. The minimum absolute atomic E-state index is 0.0249. The first kappa shape index (κ1) is 25.7. The molecular formula is C28H22F2N6O3. The molecule has 1 amide bonds. The fourth-order valence-corrected chi connectivity index (χ4v) is 4.56. The number of nitrogens with zero attached hydrogens (tertiary/aromatic N) is 5. The molecule has 0 spiro atoms. The van der Waals surface area contributed by atoms with Crippen LogP contribution in [0.2, 0.25) is 0 Å². The zero-order chi connectivity index (χ0) is 27.5. The number of amides is 1. The molecule has 0 bridgehead atoms. The van der Waals surface area contributed by atoms with E-state index in [-0.39, 0.29) is 18.2 Å². The van der Waals surface area contributed by atoms with E-state index in [1.807, 2.05) is 11.0 Å². The quantitative estimate of drug-likeness (QED) is 0.392. The summed E-state index contributed by atoms with van der Waals surface area (Å²) in [6.45, 7) is 1.21. The maximum atomic E-state index is 14.3. The molecule has 9 nitrogen and oxygen atoms in total. The molecule has 2 N–H and O–H groups in total. The molecule has 1 atom stereocenters. The average Bonchev–Trinajstić information content (AvgIpc) is 3.43. The summed E-state index contributed by atoms with van der Waals surface area (Å²) in [7, 11) is 0. The summed E-state index contributed by atoms with van der Waals surface area (Å²) in [6.07, 6.45) is 3.88. The number of hydrogen-bond acceptors (Lipinski definition) is 7. The van der Waals surface area contributed by atoms with Crippen molar-refractivity contribution in [3.05, 3.63) is 100 Å². The third kappa shape index (κ3) is 5.10. The molecule has 4 aromatic rings. The summed E-state index contributed by atoms with van der Waals surface area (Å²) in [5.74, 6) is -2.64. The van der Waals surface area contributed by atoms with Crippen molar-refractivity contribution in [2.75, 3.05) is 29.9 Å².